The van der Waals surface area contributed by atoms with Gasteiger partial charge in [0.05, 0.1) is 6.04 Å². The summed E-state index contributed by atoms with van der Waals surface area (Å²) in [6.45, 7) is 5.23. The molecule has 0 aromatic heterocycles. The summed E-state index contributed by atoms with van der Waals surface area (Å²) in [5.74, 6) is 0. The SMILES string of the molecule is CCNC(c1ccc(CC)cc1)c1cc(Cl)ccc1I. The normalized spacial score (nSPS) is 12.4. The maximum Gasteiger partial charge on any atom is 0.0587 e. The molecule has 0 aliphatic heterocycles. The first-order valence-electron chi connectivity index (χ1n) is 6.92. The molecular weight excluding hydrogens is 381 g/mol. The second-order valence-corrected chi connectivity index (χ2v) is 6.35. The summed E-state index contributed by atoms with van der Waals surface area (Å²) in [5.41, 5.74) is 3.89. The summed E-state index contributed by atoms with van der Waals surface area (Å²) in [4.78, 5) is 0. The van der Waals surface area contributed by atoms with E-state index in [9.17, 15) is 0 Å². The molecule has 3 heteroatoms. The third-order valence-corrected chi connectivity index (χ3v) is 4.62. The molecule has 0 saturated carbocycles. The Kier molecular flexibility index (Phi) is 5.87. The molecule has 1 unspecified atom stereocenters. The van der Waals surface area contributed by atoms with E-state index in [2.05, 4.69) is 78.2 Å². The third-order valence-electron chi connectivity index (χ3n) is 3.40. The van der Waals surface area contributed by atoms with E-state index in [4.69, 9.17) is 11.6 Å². The van der Waals surface area contributed by atoms with Crippen LogP contribution in [0.2, 0.25) is 5.02 Å². The number of rotatable bonds is 5. The Morgan fingerprint density at radius 3 is 2.40 bits per heavy atom. The predicted molar refractivity (Wildman–Crippen MR) is 95.5 cm³/mol. The van der Waals surface area contributed by atoms with Crippen LogP contribution < -0.4 is 5.32 Å². The molecule has 1 nitrogen and oxygen atoms in total. The van der Waals surface area contributed by atoms with E-state index >= 15 is 0 Å². The van der Waals surface area contributed by atoms with Gasteiger partial charge in [0.15, 0.2) is 0 Å². The summed E-state index contributed by atoms with van der Waals surface area (Å²) in [5, 5.41) is 4.34. The highest BCUT2D eigenvalue weighted by Crippen LogP contribution is 2.29. The van der Waals surface area contributed by atoms with Gasteiger partial charge in [-0.15, -0.1) is 0 Å². The van der Waals surface area contributed by atoms with Crippen LogP contribution >= 0.6 is 34.2 Å². The minimum atomic E-state index is 0.191. The molecule has 0 fully saturated rings. The van der Waals surface area contributed by atoms with Gasteiger partial charge < -0.3 is 5.32 Å². The average molecular weight is 400 g/mol. The highest BCUT2D eigenvalue weighted by Gasteiger charge is 2.16. The van der Waals surface area contributed by atoms with Gasteiger partial charge in [0, 0.05) is 8.59 Å². The Morgan fingerprint density at radius 1 is 1.10 bits per heavy atom. The van der Waals surface area contributed by atoms with Gasteiger partial charge in [-0.2, -0.15) is 0 Å². The standard InChI is InChI=1S/C17H19ClIN/c1-3-12-5-7-13(8-6-12)17(20-4-2)15-11-14(18)9-10-16(15)19/h5-11,17,20H,3-4H2,1-2H3. The molecule has 0 aliphatic rings. The molecule has 106 valence electrons. The Bertz CT molecular complexity index is 566. The van der Waals surface area contributed by atoms with E-state index < -0.39 is 0 Å². The Balaban J connectivity index is 2.41. The van der Waals surface area contributed by atoms with Crippen LogP contribution in [0, 0.1) is 3.57 Å². The fourth-order valence-corrected chi connectivity index (χ4v) is 3.12. The fraction of sp³-hybridized carbons (Fsp3) is 0.294. The highest BCUT2D eigenvalue weighted by molar-refractivity contribution is 14.1. The molecule has 0 aliphatic carbocycles. The van der Waals surface area contributed by atoms with Crippen molar-refractivity contribution < 1.29 is 0 Å². The quantitative estimate of drug-likeness (QED) is 0.681. The lowest BCUT2D eigenvalue weighted by molar-refractivity contribution is 0.628. The van der Waals surface area contributed by atoms with Crippen molar-refractivity contribution in [2.75, 3.05) is 6.54 Å². The first-order valence-corrected chi connectivity index (χ1v) is 8.38. The Morgan fingerprint density at radius 2 is 1.80 bits per heavy atom. The number of hydrogen-bond acceptors (Lipinski definition) is 1. The Labute approximate surface area is 139 Å². The zero-order valence-corrected chi connectivity index (χ0v) is 14.7. The summed E-state index contributed by atoms with van der Waals surface area (Å²) in [6, 6.07) is 15.1. The van der Waals surface area contributed by atoms with Gasteiger partial charge in [-0.25, -0.2) is 0 Å². The lowest BCUT2D eigenvalue weighted by Crippen LogP contribution is -2.22. The molecule has 20 heavy (non-hydrogen) atoms. The minimum absolute atomic E-state index is 0.191. The van der Waals surface area contributed by atoms with Crippen LogP contribution in [0.15, 0.2) is 42.5 Å². The van der Waals surface area contributed by atoms with E-state index in [1.165, 1.54) is 20.3 Å². The maximum atomic E-state index is 6.17. The van der Waals surface area contributed by atoms with E-state index in [0.717, 1.165) is 18.0 Å². The summed E-state index contributed by atoms with van der Waals surface area (Å²) >= 11 is 8.54. The van der Waals surface area contributed by atoms with Crippen LogP contribution in [0.1, 0.15) is 36.6 Å². The van der Waals surface area contributed by atoms with Gasteiger partial charge >= 0.3 is 0 Å². The van der Waals surface area contributed by atoms with Crippen molar-refractivity contribution in [2.45, 2.75) is 26.3 Å². The molecule has 2 aromatic rings. The molecule has 2 aromatic carbocycles. The van der Waals surface area contributed by atoms with Crippen molar-refractivity contribution >= 4 is 34.2 Å². The van der Waals surface area contributed by atoms with Crippen LogP contribution in [0.4, 0.5) is 0 Å². The van der Waals surface area contributed by atoms with Crippen molar-refractivity contribution in [3.05, 3.63) is 67.7 Å². The number of hydrogen-bond donors (Lipinski definition) is 1. The molecule has 0 saturated heterocycles. The molecular formula is C17H19ClIN. The van der Waals surface area contributed by atoms with Gasteiger partial charge in [-0.05, 0) is 70.4 Å². The molecule has 0 amide bonds. The van der Waals surface area contributed by atoms with E-state index in [1.54, 1.807) is 0 Å². The van der Waals surface area contributed by atoms with Crippen LogP contribution in [-0.2, 0) is 6.42 Å². The van der Waals surface area contributed by atoms with Crippen LogP contribution in [0.25, 0.3) is 0 Å². The fourth-order valence-electron chi connectivity index (χ4n) is 2.29. The zero-order valence-electron chi connectivity index (χ0n) is 11.8. The van der Waals surface area contributed by atoms with Crippen LogP contribution in [0.3, 0.4) is 0 Å². The van der Waals surface area contributed by atoms with Crippen molar-refractivity contribution in [1.82, 2.24) is 5.32 Å². The van der Waals surface area contributed by atoms with Gasteiger partial charge in [0.1, 0.15) is 0 Å². The molecule has 2 rings (SSSR count). The predicted octanol–water partition coefficient (Wildman–Crippen LogP) is 5.21. The molecule has 1 N–H and O–H groups in total. The summed E-state index contributed by atoms with van der Waals surface area (Å²) < 4.78 is 1.23. The number of aryl methyl sites for hydroxylation is 1. The Hall–Kier alpha value is -0.580. The molecule has 0 heterocycles. The molecule has 0 radical (unpaired) electrons. The number of benzene rings is 2. The summed E-state index contributed by atoms with van der Waals surface area (Å²) in [6.07, 6.45) is 1.07. The zero-order chi connectivity index (χ0) is 14.5. The lowest BCUT2D eigenvalue weighted by atomic mass is 9.97. The van der Waals surface area contributed by atoms with Gasteiger partial charge in [0.25, 0.3) is 0 Å². The topological polar surface area (TPSA) is 12.0 Å². The van der Waals surface area contributed by atoms with Crippen molar-refractivity contribution in [3.63, 3.8) is 0 Å². The van der Waals surface area contributed by atoms with Gasteiger partial charge in [-0.3, -0.25) is 0 Å². The van der Waals surface area contributed by atoms with Crippen molar-refractivity contribution in [2.24, 2.45) is 0 Å². The van der Waals surface area contributed by atoms with Gasteiger partial charge in [-0.1, -0.05) is 49.7 Å². The monoisotopic (exact) mass is 399 g/mol. The van der Waals surface area contributed by atoms with E-state index in [0.29, 0.717) is 0 Å². The summed E-state index contributed by atoms with van der Waals surface area (Å²) in [7, 11) is 0. The first-order chi connectivity index (χ1) is 9.65. The number of nitrogens with one attached hydrogen (secondary N) is 1. The van der Waals surface area contributed by atoms with Crippen molar-refractivity contribution in [1.29, 1.82) is 0 Å². The smallest absolute Gasteiger partial charge is 0.0587 e. The van der Waals surface area contributed by atoms with E-state index in [-0.39, 0.29) is 6.04 Å². The first kappa shape index (κ1) is 15.8. The minimum Gasteiger partial charge on any atom is -0.306 e. The second-order valence-electron chi connectivity index (χ2n) is 4.75. The second kappa shape index (κ2) is 7.43. The van der Waals surface area contributed by atoms with Crippen LogP contribution in [0.5, 0.6) is 0 Å². The van der Waals surface area contributed by atoms with Gasteiger partial charge in [0.2, 0.25) is 0 Å². The average Bonchev–Trinajstić information content (AvgIpc) is 2.48. The largest absolute Gasteiger partial charge is 0.306 e. The lowest BCUT2D eigenvalue weighted by Gasteiger charge is -2.21. The third kappa shape index (κ3) is 3.74. The van der Waals surface area contributed by atoms with Crippen LogP contribution in [-0.4, -0.2) is 6.54 Å². The molecule has 0 spiro atoms. The molecule has 1 atom stereocenters. The molecule has 0 bridgehead atoms. The maximum absolute atomic E-state index is 6.17. The number of halogens is 2. The highest BCUT2D eigenvalue weighted by atomic mass is 127. The van der Waals surface area contributed by atoms with Crippen molar-refractivity contribution in [3.8, 4) is 0 Å². The van der Waals surface area contributed by atoms with E-state index in [1.807, 2.05) is 6.07 Å².